The first-order chi connectivity index (χ1) is 10.8. The summed E-state index contributed by atoms with van der Waals surface area (Å²) in [5.74, 6) is 1.22. The van der Waals surface area contributed by atoms with Crippen molar-refractivity contribution in [1.29, 1.82) is 0 Å². The molecule has 5 heteroatoms. The summed E-state index contributed by atoms with van der Waals surface area (Å²) in [4.78, 5) is 18.5. The van der Waals surface area contributed by atoms with E-state index in [9.17, 15) is 4.79 Å². The summed E-state index contributed by atoms with van der Waals surface area (Å²) >= 11 is 0. The van der Waals surface area contributed by atoms with Crippen LogP contribution in [-0.4, -0.2) is 22.4 Å². The normalized spacial score (nSPS) is 14.5. The zero-order chi connectivity index (χ0) is 14.9. The Balaban J connectivity index is 1.70. The van der Waals surface area contributed by atoms with Gasteiger partial charge >= 0.3 is 0 Å². The van der Waals surface area contributed by atoms with Crippen LogP contribution in [0.3, 0.4) is 0 Å². The van der Waals surface area contributed by atoms with Gasteiger partial charge in [-0.2, -0.15) is 0 Å². The number of benzene rings is 1. The molecule has 0 saturated heterocycles. The molecule has 0 N–H and O–H groups in total. The second kappa shape index (κ2) is 5.18. The van der Waals surface area contributed by atoms with Crippen molar-refractivity contribution in [2.45, 2.75) is 13.1 Å². The molecule has 4 rings (SSSR count). The van der Waals surface area contributed by atoms with Crippen LogP contribution >= 0.6 is 0 Å². The largest absolute Gasteiger partial charge is 0.467 e. The van der Waals surface area contributed by atoms with Gasteiger partial charge in [0.15, 0.2) is 6.61 Å². The number of pyridine rings is 1. The zero-order valence-corrected chi connectivity index (χ0v) is 11.9. The molecule has 0 saturated carbocycles. The molecule has 1 aliphatic heterocycles. The van der Waals surface area contributed by atoms with E-state index < -0.39 is 0 Å². The minimum absolute atomic E-state index is 0.000944. The molecule has 110 valence electrons. The smallest absolute Gasteiger partial charge is 0.261 e. The maximum absolute atomic E-state index is 12.2. The second-order valence-corrected chi connectivity index (χ2v) is 5.26. The number of amides is 1. The first kappa shape index (κ1) is 12.9. The van der Waals surface area contributed by atoms with Crippen LogP contribution in [0.25, 0.3) is 10.9 Å². The van der Waals surface area contributed by atoms with Crippen LogP contribution in [0.5, 0.6) is 5.88 Å². The van der Waals surface area contributed by atoms with Gasteiger partial charge in [-0.05, 0) is 24.3 Å². The van der Waals surface area contributed by atoms with Gasteiger partial charge in [0.1, 0.15) is 5.76 Å². The molecule has 0 spiro atoms. The number of ether oxygens (including phenoxy) is 1. The number of carbonyl (C=O) groups excluding carboxylic acids is 1. The average Bonchev–Trinajstić information content (AvgIpc) is 2.99. The number of hydrogen-bond donors (Lipinski definition) is 0. The maximum atomic E-state index is 12.2. The lowest BCUT2D eigenvalue weighted by Crippen LogP contribution is -2.31. The third-order valence-corrected chi connectivity index (χ3v) is 3.74. The van der Waals surface area contributed by atoms with Crippen LogP contribution in [0.15, 0.2) is 53.1 Å². The van der Waals surface area contributed by atoms with Crippen LogP contribution in [-0.2, 0) is 17.9 Å². The number of hydrogen-bond acceptors (Lipinski definition) is 4. The van der Waals surface area contributed by atoms with Crippen LogP contribution in [0.1, 0.15) is 11.3 Å². The Morgan fingerprint density at radius 2 is 2.09 bits per heavy atom. The molecule has 0 bridgehead atoms. The number of furan rings is 1. The van der Waals surface area contributed by atoms with Gasteiger partial charge in [-0.3, -0.25) is 4.79 Å². The third-order valence-electron chi connectivity index (χ3n) is 3.74. The van der Waals surface area contributed by atoms with Gasteiger partial charge in [0.05, 0.1) is 24.9 Å². The summed E-state index contributed by atoms with van der Waals surface area (Å²) in [6.45, 7) is 0.896. The predicted octanol–water partition coefficient (Wildman–Crippen LogP) is 2.75. The van der Waals surface area contributed by atoms with E-state index in [1.54, 1.807) is 11.2 Å². The lowest BCUT2D eigenvalue weighted by Gasteiger charge is -2.18. The first-order valence-electron chi connectivity index (χ1n) is 7.11. The summed E-state index contributed by atoms with van der Waals surface area (Å²) in [7, 11) is 0. The van der Waals surface area contributed by atoms with Crippen molar-refractivity contribution < 1.29 is 13.9 Å². The summed E-state index contributed by atoms with van der Waals surface area (Å²) in [5, 5.41) is 1.04. The number of fused-ring (bicyclic) bond motifs is 2. The molecule has 3 heterocycles. The summed E-state index contributed by atoms with van der Waals surface area (Å²) in [5.41, 5.74) is 1.78. The lowest BCUT2D eigenvalue weighted by atomic mass is 10.1. The Kier molecular flexibility index (Phi) is 3.04. The van der Waals surface area contributed by atoms with E-state index >= 15 is 0 Å². The Bertz CT molecular complexity index is 827. The number of aromatic nitrogens is 1. The average molecular weight is 294 g/mol. The first-order valence-corrected chi connectivity index (χ1v) is 7.11. The topological polar surface area (TPSA) is 55.6 Å². The number of nitrogens with zero attached hydrogens (tertiary/aromatic N) is 2. The van der Waals surface area contributed by atoms with Gasteiger partial charge in [-0.15, -0.1) is 0 Å². The van der Waals surface area contributed by atoms with E-state index in [2.05, 4.69) is 4.98 Å². The molecule has 0 atom stereocenters. The fourth-order valence-electron chi connectivity index (χ4n) is 2.63. The molecule has 22 heavy (non-hydrogen) atoms. The Labute approximate surface area is 127 Å². The van der Waals surface area contributed by atoms with E-state index in [-0.39, 0.29) is 12.5 Å². The van der Waals surface area contributed by atoms with Gasteiger partial charge < -0.3 is 14.1 Å². The summed E-state index contributed by atoms with van der Waals surface area (Å²) in [6.07, 6.45) is 1.61. The van der Waals surface area contributed by atoms with Crippen molar-refractivity contribution in [3.05, 3.63) is 60.1 Å². The highest BCUT2D eigenvalue weighted by atomic mass is 16.5. The number of rotatable bonds is 2. The molecule has 0 radical (unpaired) electrons. The minimum atomic E-state index is -0.0709. The molecule has 1 aromatic carbocycles. The highest BCUT2D eigenvalue weighted by molar-refractivity contribution is 5.82. The highest BCUT2D eigenvalue weighted by Crippen LogP contribution is 2.26. The van der Waals surface area contributed by atoms with Gasteiger partial charge in [-0.25, -0.2) is 4.98 Å². The highest BCUT2D eigenvalue weighted by Gasteiger charge is 2.23. The summed E-state index contributed by atoms with van der Waals surface area (Å²) < 4.78 is 10.9. The second-order valence-electron chi connectivity index (χ2n) is 5.26. The minimum Gasteiger partial charge on any atom is -0.467 e. The number of carbonyl (C=O) groups is 1. The van der Waals surface area contributed by atoms with E-state index in [0.29, 0.717) is 19.0 Å². The van der Waals surface area contributed by atoms with Crippen molar-refractivity contribution in [3.8, 4) is 5.88 Å². The molecular weight excluding hydrogens is 280 g/mol. The molecule has 0 aliphatic carbocycles. The fraction of sp³-hybridized carbons (Fsp3) is 0.176. The van der Waals surface area contributed by atoms with Crippen molar-refractivity contribution >= 4 is 16.8 Å². The van der Waals surface area contributed by atoms with Crippen molar-refractivity contribution in [3.63, 3.8) is 0 Å². The van der Waals surface area contributed by atoms with E-state index in [4.69, 9.17) is 9.15 Å². The molecule has 5 nitrogen and oxygen atoms in total. The van der Waals surface area contributed by atoms with Gasteiger partial charge in [0.25, 0.3) is 5.91 Å². The van der Waals surface area contributed by atoms with Crippen molar-refractivity contribution in [2.75, 3.05) is 6.61 Å². The molecule has 0 unspecified atom stereocenters. The predicted molar refractivity (Wildman–Crippen MR) is 80.2 cm³/mol. The van der Waals surface area contributed by atoms with Gasteiger partial charge in [0.2, 0.25) is 5.88 Å². The summed E-state index contributed by atoms with van der Waals surface area (Å²) in [6, 6.07) is 13.6. The quantitative estimate of drug-likeness (QED) is 0.729. The van der Waals surface area contributed by atoms with Crippen LogP contribution in [0.4, 0.5) is 0 Å². The lowest BCUT2D eigenvalue weighted by molar-refractivity contribution is -0.134. The van der Waals surface area contributed by atoms with Crippen molar-refractivity contribution in [1.82, 2.24) is 9.88 Å². The molecule has 1 aliphatic rings. The van der Waals surface area contributed by atoms with E-state index in [0.717, 1.165) is 22.2 Å². The maximum Gasteiger partial charge on any atom is 0.261 e. The molecule has 3 aromatic rings. The third kappa shape index (κ3) is 2.30. The Morgan fingerprint density at radius 1 is 1.18 bits per heavy atom. The van der Waals surface area contributed by atoms with Crippen LogP contribution < -0.4 is 4.74 Å². The molecule has 2 aromatic heterocycles. The molecule has 0 fully saturated rings. The Morgan fingerprint density at radius 3 is 2.95 bits per heavy atom. The zero-order valence-electron chi connectivity index (χ0n) is 11.9. The van der Waals surface area contributed by atoms with Crippen LogP contribution in [0.2, 0.25) is 0 Å². The number of para-hydroxylation sites is 1. The molecule has 1 amide bonds. The van der Waals surface area contributed by atoms with Gasteiger partial charge in [0, 0.05) is 10.9 Å². The van der Waals surface area contributed by atoms with E-state index in [1.165, 1.54) is 0 Å². The SMILES string of the molecule is O=C1COc2nc3ccccc3cc2CN1Cc1ccco1. The fourth-order valence-corrected chi connectivity index (χ4v) is 2.63. The van der Waals surface area contributed by atoms with Crippen molar-refractivity contribution in [2.24, 2.45) is 0 Å². The van der Waals surface area contributed by atoms with Gasteiger partial charge in [-0.1, -0.05) is 18.2 Å². The Hall–Kier alpha value is -2.82. The molecular formula is C17H14N2O3. The van der Waals surface area contributed by atoms with E-state index in [1.807, 2.05) is 42.5 Å². The monoisotopic (exact) mass is 294 g/mol. The van der Waals surface area contributed by atoms with Crippen LogP contribution in [0, 0.1) is 0 Å². The standard InChI is InChI=1S/C17H14N2O3/c20-16-11-22-17-13(8-12-4-1-2-6-15(12)18-17)9-19(16)10-14-5-3-7-21-14/h1-8H,9-11H2.